The van der Waals surface area contributed by atoms with Crippen LogP contribution in [0.1, 0.15) is 77.8 Å². The van der Waals surface area contributed by atoms with Crippen molar-refractivity contribution in [3.63, 3.8) is 0 Å². The molecule has 0 spiro atoms. The summed E-state index contributed by atoms with van der Waals surface area (Å²) < 4.78 is 0. The van der Waals surface area contributed by atoms with E-state index in [1.807, 2.05) is 19.9 Å². The molecule has 2 heterocycles. The number of Topliss-reactive ketones (excluding diaryl/α,β-unsaturated/α-hetero) is 1. The summed E-state index contributed by atoms with van der Waals surface area (Å²) >= 11 is 0. The van der Waals surface area contributed by atoms with Crippen LogP contribution < -0.4 is 10.6 Å². The second-order valence-electron chi connectivity index (χ2n) is 10.9. The smallest absolute Gasteiger partial charge is 0.290 e. The van der Waals surface area contributed by atoms with E-state index in [2.05, 4.69) is 32.7 Å². The first-order chi connectivity index (χ1) is 19.3. The lowest BCUT2D eigenvalue weighted by Crippen LogP contribution is -2.43. The van der Waals surface area contributed by atoms with Crippen LogP contribution in [0.4, 0.5) is 0 Å². The molecular weight excluding hydrogens is 508 g/mol. The van der Waals surface area contributed by atoms with Crippen LogP contribution in [0.15, 0.2) is 42.7 Å². The highest BCUT2D eigenvalue weighted by molar-refractivity contribution is 5.97. The number of fused-ring (bicyclic) bond motifs is 1. The summed E-state index contributed by atoms with van der Waals surface area (Å²) in [5.74, 6) is 0.530. The van der Waals surface area contributed by atoms with Gasteiger partial charge in [-0.3, -0.25) is 24.2 Å². The van der Waals surface area contributed by atoms with Gasteiger partial charge < -0.3 is 20.6 Å². The van der Waals surface area contributed by atoms with Gasteiger partial charge in [-0.25, -0.2) is 0 Å². The van der Waals surface area contributed by atoms with Crippen LogP contribution in [-0.2, 0) is 22.4 Å². The van der Waals surface area contributed by atoms with Gasteiger partial charge in [0.1, 0.15) is 0 Å². The minimum Gasteiger partial charge on any atom is -0.483 e. The predicted octanol–water partition coefficient (Wildman–Crippen LogP) is 3.52. The number of rotatable bonds is 9. The Morgan fingerprint density at radius 2 is 1.75 bits per heavy atom. The van der Waals surface area contributed by atoms with Crippen molar-refractivity contribution in [1.82, 2.24) is 20.5 Å². The molecule has 9 heteroatoms. The van der Waals surface area contributed by atoms with Crippen molar-refractivity contribution in [2.24, 2.45) is 11.8 Å². The summed E-state index contributed by atoms with van der Waals surface area (Å²) in [6, 6.07) is 9.86. The van der Waals surface area contributed by atoms with Gasteiger partial charge >= 0.3 is 0 Å². The fraction of sp³-hybridized carbons (Fsp3) is 0.516. The number of aromatic nitrogens is 1. The Morgan fingerprint density at radius 1 is 1.05 bits per heavy atom. The maximum atomic E-state index is 12.4. The minimum absolute atomic E-state index is 0.0157. The molecule has 2 amide bonds. The molecule has 1 aliphatic heterocycles. The summed E-state index contributed by atoms with van der Waals surface area (Å²) in [6.45, 7) is 6.87. The monoisotopic (exact) mass is 550 g/mol. The van der Waals surface area contributed by atoms with E-state index in [4.69, 9.17) is 9.90 Å². The van der Waals surface area contributed by atoms with Gasteiger partial charge in [-0.15, -0.1) is 0 Å². The molecule has 0 atom stereocenters. The van der Waals surface area contributed by atoms with Gasteiger partial charge in [0.05, 0.1) is 12.1 Å². The van der Waals surface area contributed by atoms with Crippen LogP contribution in [0.3, 0.4) is 0 Å². The van der Waals surface area contributed by atoms with Gasteiger partial charge in [-0.1, -0.05) is 26.0 Å². The standard InChI is InChI=1S/C30H40N4O3.CH2O2/c1-21(2)29(36)25-8-7-23-12-16-34(17-13-24(23)18-25)15-11-22-5-9-27(10-6-22)33-28(35)20-32-30(37)26-4-3-14-31-19-26;2-1-3/h3-4,7-8,14,18-19,21-22,27H,5-6,9-13,15-17,20H2,1-2H3,(H,32,37)(H,33,35);1H,(H,2,3)/t22-,27-;. The molecule has 0 radical (unpaired) electrons. The van der Waals surface area contributed by atoms with Crippen LogP contribution in [-0.4, -0.2) is 71.3 Å². The van der Waals surface area contributed by atoms with Crippen LogP contribution in [0, 0.1) is 11.8 Å². The molecule has 40 heavy (non-hydrogen) atoms. The lowest BCUT2D eigenvalue weighted by Gasteiger charge is -2.30. The Hall–Kier alpha value is -3.59. The Kier molecular flexibility index (Phi) is 12.3. The van der Waals surface area contributed by atoms with Gasteiger partial charge in [0.2, 0.25) is 5.91 Å². The highest BCUT2D eigenvalue weighted by atomic mass is 16.3. The van der Waals surface area contributed by atoms with E-state index in [1.165, 1.54) is 23.7 Å². The van der Waals surface area contributed by atoms with Crippen LogP contribution in [0.25, 0.3) is 0 Å². The second-order valence-corrected chi connectivity index (χ2v) is 10.9. The normalized spacial score (nSPS) is 18.9. The largest absolute Gasteiger partial charge is 0.483 e. The molecule has 9 nitrogen and oxygen atoms in total. The van der Waals surface area contributed by atoms with Crippen molar-refractivity contribution in [2.45, 2.75) is 64.8 Å². The van der Waals surface area contributed by atoms with Crippen LogP contribution >= 0.6 is 0 Å². The molecule has 1 saturated carbocycles. The van der Waals surface area contributed by atoms with E-state index in [0.717, 1.165) is 63.7 Å². The zero-order chi connectivity index (χ0) is 28.9. The van der Waals surface area contributed by atoms with Crippen molar-refractivity contribution < 1.29 is 24.3 Å². The number of carbonyl (C=O) groups excluding carboxylic acids is 3. The van der Waals surface area contributed by atoms with E-state index in [-0.39, 0.29) is 42.6 Å². The molecule has 3 N–H and O–H groups in total. The van der Waals surface area contributed by atoms with E-state index in [0.29, 0.717) is 11.5 Å². The lowest BCUT2D eigenvalue weighted by atomic mass is 9.84. The number of nitrogens with one attached hydrogen (secondary N) is 2. The zero-order valence-corrected chi connectivity index (χ0v) is 23.6. The number of carbonyl (C=O) groups is 4. The summed E-state index contributed by atoms with van der Waals surface area (Å²) in [7, 11) is 0. The van der Waals surface area contributed by atoms with Gasteiger partial charge in [0, 0.05) is 43.0 Å². The van der Waals surface area contributed by atoms with Crippen LogP contribution in [0.2, 0.25) is 0 Å². The lowest BCUT2D eigenvalue weighted by molar-refractivity contribution is -0.123. The molecule has 1 fully saturated rings. The van der Waals surface area contributed by atoms with Gasteiger partial charge in [-0.05, 0) is 86.7 Å². The third kappa shape index (κ3) is 9.55. The van der Waals surface area contributed by atoms with E-state index in [9.17, 15) is 14.4 Å². The first-order valence-electron chi connectivity index (χ1n) is 14.2. The maximum Gasteiger partial charge on any atom is 0.290 e. The van der Waals surface area contributed by atoms with Gasteiger partial charge in [0.15, 0.2) is 5.78 Å². The van der Waals surface area contributed by atoms with Crippen molar-refractivity contribution in [2.75, 3.05) is 26.2 Å². The zero-order valence-electron chi connectivity index (χ0n) is 23.6. The number of carboxylic acid groups (broad SMARTS) is 1. The molecule has 2 aliphatic rings. The third-order valence-electron chi connectivity index (χ3n) is 7.81. The number of amides is 2. The van der Waals surface area contributed by atoms with Crippen molar-refractivity contribution in [3.05, 3.63) is 65.0 Å². The highest BCUT2D eigenvalue weighted by Crippen LogP contribution is 2.28. The fourth-order valence-corrected chi connectivity index (χ4v) is 5.48. The van der Waals surface area contributed by atoms with E-state index >= 15 is 0 Å². The topological polar surface area (TPSA) is 129 Å². The molecule has 0 unspecified atom stereocenters. The van der Waals surface area contributed by atoms with E-state index in [1.54, 1.807) is 18.3 Å². The Balaban J connectivity index is 0.00000141. The molecule has 1 aromatic carbocycles. The summed E-state index contributed by atoms with van der Waals surface area (Å²) in [6.07, 6.45) is 10.6. The van der Waals surface area contributed by atoms with Crippen LogP contribution in [0.5, 0.6) is 0 Å². The molecule has 1 aromatic heterocycles. The average molecular weight is 551 g/mol. The number of benzene rings is 1. The number of pyridine rings is 1. The number of hydrogen-bond donors (Lipinski definition) is 3. The molecule has 0 saturated heterocycles. The minimum atomic E-state index is -0.284. The first-order valence-corrected chi connectivity index (χ1v) is 14.2. The number of nitrogens with zero attached hydrogens (tertiary/aromatic N) is 2. The highest BCUT2D eigenvalue weighted by Gasteiger charge is 2.24. The third-order valence-corrected chi connectivity index (χ3v) is 7.81. The Bertz CT molecular complexity index is 1130. The fourth-order valence-electron chi connectivity index (χ4n) is 5.48. The molecular formula is C31H42N4O5. The summed E-state index contributed by atoms with van der Waals surface area (Å²) in [4.78, 5) is 51.7. The van der Waals surface area contributed by atoms with E-state index < -0.39 is 0 Å². The van der Waals surface area contributed by atoms with Crippen molar-refractivity contribution in [1.29, 1.82) is 0 Å². The number of hydrogen-bond acceptors (Lipinski definition) is 6. The average Bonchev–Trinajstić information content (AvgIpc) is 3.17. The second kappa shape index (κ2) is 15.9. The molecule has 2 aromatic rings. The van der Waals surface area contributed by atoms with Crippen molar-refractivity contribution in [3.8, 4) is 0 Å². The first kappa shape index (κ1) is 30.9. The predicted molar refractivity (Wildman–Crippen MR) is 153 cm³/mol. The number of ketones is 1. The van der Waals surface area contributed by atoms with Gasteiger partial charge in [0.25, 0.3) is 12.4 Å². The Morgan fingerprint density at radius 3 is 2.40 bits per heavy atom. The quantitative estimate of drug-likeness (QED) is 0.322. The molecule has 4 rings (SSSR count). The molecule has 0 bridgehead atoms. The van der Waals surface area contributed by atoms with Gasteiger partial charge in [-0.2, -0.15) is 0 Å². The SMILES string of the molecule is CC(C)C(=O)c1ccc2c(c1)CCN(CC[C@H]1CC[C@H](NC(=O)CNC(=O)c3cccnc3)CC1)CC2.O=CO. The maximum absolute atomic E-state index is 12.4. The summed E-state index contributed by atoms with van der Waals surface area (Å²) in [5, 5.41) is 12.6. The Labute approximate surface area is 236 Å². The molecule has 1 aliphatic carbocycles. The summed E-state index contributed by atoms with van der Waals surface area (Å²) in [5.41, 5.74) is 4.02. The molecule has 216 valence electrons. The van der Waals surface area contributed by atoms with Crippen molar-refractivity contribution >= 4 is 24.1 Å².